The van der Waals surface area contributed by atoms with Crippen molar-refractivity contribution in [2.45, 2.75) is 19.0 Å². The van der Waals surface area contributed by atoms with E-state index in [4.69, 9.17) is 16.3 Å². The highest BCUT2D eigenvalue weighted by molar-refractivity contribution is 7.99. The molecule has 1 aromatic carbocycles. The van der Waals surface area contributed by atoms with Crippen LogP contribution in [0.2, 0.25) is 5.02 Å². The van der Waals surface area contributed by atoms with Crippen LogP contribution in [-0.2, 0) is 16.6 Å². The van der Waals surface area contributed by atoms with Gasteiger partial charge in [0, 0.05) is 17.5 Å². The van der Waals surface area contributed by atoms with Crippen LogP contribution in [0.25, 0.3) is 11.4 Å². The maximum atomic E-state index is 12.4. The van der Waals surface area contributed by atoms with E-state index in [2.05, 4.69) is 15.5 Å². The van der Waals surface area contributed by atoms with E-state index in [9.17, 15) is 9.59 Å². The quantitative estimate of drug-likeness (QED) is 0.423. The van der Waals surface area contributed by atoms with Crippen molar-refractivity contribution in [3.05, 3.63) is 45.8 Å². The molecule has 2 aromatic heterocycles. The summed E-state index contributed by atoms with van der Waals surface area (Å²) in [6, 6.07) is 9.09. The summed E-state index contributed by atoms with van der Waals surface area (Å²) in [5, 5.41) is 12.8. The Hall–Kier alpha value is -2.36. The highest BCUT2D eigenvalue weighted by atomic mass is 35.5. The number of nitrogens with one attached hydrogen (secondary N) is 1. The number of ether oxygens (including phenoxy) is 1. The monoisotopic (exact) mass is 450 g/mol. The van der Waals surface area contributed by atoms with Crippen LogP contribution in [0, 0.1) is 6.92 Å². The van der Waals surface area contributed by atoms with Crippen molar-refractivity contribution >= 4 is 51.6 Å². The zero-order valence-corrected chi connectivity index (χ0v) is 18.5. The van der Waals surface area contributed by atoms with Crippen LogP contribution in [0.15, 0.2) is 35.5 Å². The molecule has 0 atom stereocenters. The van der Waals surface area contributed by atoms with E-state index < -0.39 is 5.97 Å². The third-order valence-electron chi connectivity index (χ3n) is 3.89. The number of hydrogen-bond donors (Lipinski definition) is 1. The molecule has 0 spiro atoms. The maximum Gasteiger partial charge on any atom is 0.341 e. The average molecular weight is 451 g/mol. The largest absolute Gasteiger partial charge is 0.462 e. The molecule has 2 heterocycles. The van der Waals surface area contributed by atoms with Gasteiger partial charge in [-0.2, -0.15) is 0 Å². The molecule has 3 rings (SSSR count). The lowest BCUT2D eigenvalue weighted by Crippen LogP contribution is -2.16. The fourth-order valence-electron chi connectivity index (χ4n) is 2.58. The molecule has 0 aliphatic heterocycles. The zero-order valence-electron chi connectivity index (χ0n) is 16.1. The fraction of sp³-hybridized carbons (Fsp3) is 0.263. The lowest BCUT2D eigenvalue weighted by atomic mass is 10.2. The second-order valence-electron chi connectivity index (χ2n) is 6.00. The van der Waals surface area contributed by atoms with E-state index in [1.807, 2.05) is 32.2 Å². The number of anilines is 1. The van der Waals surface area contributed by atoms with Gasteiger partial charge in [0.25, 0.3) is 0 Å². The van der Waals surface area contributed by atoms with Crippen molar-refractivity contribution in [3.63, 3.8) is 0 Å². The topological polar surface area (TPSA) is 86.1 Å². The molecular weight excluding hydrogens is 432 g/mol. The Labute approximate surface area is 181 Å². The number of aryl methyl sites for hydroxylation is 1. The molecule has 0 saturated heterocycles. The summed E-state index contributed by atoms with van der Waals surface area (Å²) in [7, 11) is 1.82. The summed E-state index contributed by atoms with van der Waals surface area (Å²) < 4.78 is 6.83. The highest BCUT2D eigenvalue weighted by Gasteiger charge is 2.19. The minimum atomic E-state index is -0.447. The van der Waals surface area contributed by atoms with E-state index in [0.717, 1.165) is 10.4 Å². The number of nitrogens with zero attached hydrogens (tertiary/aromatic N) is 3. The normalized spacial score (nSPS) is 10.8. The van der Waals surface area contributed by atoms with Crippen molar-refractivity contribution in [3.8, 4) is 11.4 Å². The van der Waals surface area contributed by atoms with Gasteiger partial charge in [-0.25, -0.2) is 4.79 Å². The van der Waals surface area contributed by atoms with Crippen LogP contribution < -0.4 is 5.32 Å². The smallest absolute Gasteiger partial charge is 0.341 e. The summed E-state index contributed by atoms with van der Waals surface area (Å²) in [4.78, 5) is 25.4. The van der Waals surface area contributed by atoms with E-state index in [1.54, 1.807) is 23.6 Å². The number of esters is 1. The molecule has 0 unspecified atom stereocenters. The van der Waals surface area contributed by atoms with E-state index in [-0.39, 0.29) is 18.3 Å². The number of halogens is 1. The Bertz CT molecular complexity index is 1050. The van der Waals surface area contributed by atoms with Crippen LogP contribution in [0.3, 0.4) is 0 Å². The van der Waals surface area contributed by atoms with Crippen molar-refractivity contribution in [1.29, 1.82) is 0 Å². The van der Waals surface area contributed by atoms with Crippen LogP contribution in [0.1, 0.15) is 22.2 Å². The lowest BCUT2D eigenvalue weighted by Gasteiger charge is -2.07. The minimum Gasteiger partial charge on any atom is -0.462 e. The molecule has 3 aromatic rings. The standard InChI is InChI=1S/C19H19ClN4O3S2/c1-4-27-18(26)13-9-11(2)29-17(13)21-15(25)10-28-19-23-22-16(24(19)3)12-7-5-6-8-14(12)20/h5-9H,4,10H2,1-3H3,(H,21,25). The van der Waals surface area contributed by atoms with Crippen LogP contribution in [0.4, 0.5) is 5.00 Å². The predicted molar refractivity (Wildman–Crippen MR) is 116 cm³/mol. The van der Waals surface area contributed by atoms with Gasteiger partial charge >= 0.3 is 5.97 Å². The van der Waals surface area contributed by atoms with Crippen molar-refractivity contribution in [2.75, 3.05) is 17.7 Å². The van der Waals surface area contributed by atoms with E-state index in [0.29, 0.717) is 26.6 Å². The molecule has 152 valence electrons. The molecular formula is C19H19ClN4O3S2. The molecule has 7 nitrogen and oxygen atoms in total. The summed E-state index contributed by atoms with van der Waals surface area (Å²) >= 11 is 8.82. The Morgan fingerprint density at radius 2 is 2.07 bits per heavy atom. The number of benzene rings is 1. The van der Waals surface area contributed by atoms with Gasteiger partial charge < -0.3 is 14.6 Å². The Balaban J connectivity index is 1.67. The predicted octanol–water partition coefficient (Wildman–Crippen LogP) is 4.41. The first-order chi connectivity index (χ1) is 13.9. The molecule has 1 N–H and O–H groups in total. The maximum absolute atomic E-state index is 12.4. The van der Waals surface area contributed by atoms with Gasteiger partial charge in [0.2, 0.25) is 5.91 Å². The average Bonchev–Trinajstić information content (AvgIpc) is 3.23. The summed E-state index contributed by atoms with van der Waals surface area (Å²) in [6.45, 7) is 3.88. The number of thiophene rings is 1. The van der Waals surface area contributed by atoms with Crippen molar-refractivity contribution in [2.24, 2.45) is 7.05 Å². The molecule has 10 heteroatoms. The lowest BCUT2D eigenvalue weighted by molar-refractivity contribution is -0.113. The van der Waals surface area contributed by atoms with Crippen molar-refractivity contribution < 1.29 is 14.3 Å². The summed E-state index contributed by atoms with van der Waals surface area (Å²) in [5.41, 5.74) is 1.14. The SMILES string of the molecule is CCOC(=O)c1cc(C)sc1NC(=O)CSc1nnc(-c2ccccc2Cl)n1C. The van der Waals surface area contributed by atoms with Crippen molar-refractivity contribution in [1.82, 2.24) is 14.8 Å². The van der Waals surface area contributed by atoms with Gasteiger partial charge in [0.1, 0.15) is 5.00 Å². The third kappa shape index (κ3) is 4.98. The molecule has 29 heavy (non-hydrogen) atoms. The molecule has 0 radical (unpaired) electrons. The summed E-state index contributed by atoms with van der Waals surface area (Å²) in [6.07, 6.45) is 0. The number of aromatic nitrogens is 3. The second kappa shape index (κ2) is 9.43. The van der Waals surface area contributed by atoms with Gasteiger partial charge in [-0.3, -0.25) is 4.79 Å². The molecule has 0 bridgehead atoms. The number of carbonyl (C=O) groups is 2. The molecule has 0 aliphatic carbocycles. The molecule has 0 saturated carbocycles. The van der Waals surface area contributed by atoms with Gasteiger partial charge in [-0.05, 0) is 32.0 Å². The molecule has 0 fully saturated rings. The van der Waals surface area contributed by atoms with Crippen LogP contribution in [0.5, 0.6) is 0 Å². The van der Waals surface area contributed by atoms with Gasteiger partial charge in [0.05, 0.1) is 22.9 Å². The first kappa shape index (κ1) is 21.4. The van der Waals surface area contributed by atoms with Gasteiger partial charge in [-0.15, -0.1) is 21.5 Å². The van der Waals surface area contributed by atoms with Gasteiger partial charge in [0.15, 0.2) is 11.0 Å². The summed E-state index contributed by atoms with van der Waals surface area (Å²) in [5.74, 6) is 0.0485. The molecule has 0 aliphatic rings. The Morgan fingerprint density at radius 1 is 1.31 bits per heavy atom. The Morgan fingerprint density at radius 3 is 2.79 bits per heavy atom. The first-order valence-electron chi connectivity index (χ1n) is 8.75. The Kier molecular flexibility index (Phi) is 6.94. The number of rotatable bonds is 7. The highest BCUT2D eigenvalue weighted by Crippen LogP contribution is 2.30. The minimum absolute atomic E-state index is 0.119. The number of carbonyl (C=O) groups excluding carboxylic acids is 2. The van der Waals surface area contributed by atoms with Crippen LogP contribution in [-0.4, -0.2) is 39.0 Å². The van der Waals surface area contributed by atoms with E-state index >= 15 is 0 Å². The second-order valence-corrected chi connectivity index (χ2v) is 8.61. The first-order valence-corrected chi connectivity index (χ1v) is 10.9. The zero-order chi connectivity index (χ0) is 21.0. The third-order valence-corrected chi connectivity index (χ3v) is 6.20. The number of hydrogen-bond acceptors (Lipinski definition) is 7. The van der Waals surface area contributed by atoms with E-state index in [1.165, 1.54) is 23.1 Å². The number of amides is 1. The number of thioether (sulfide) groups is 1. The molecule has 1 amide bonds. The van der Waals surface area contributed by atoms with Crippen LogP contribution >= 0.6 is 34.7 Å². The van der Waals surface area contributed by atoms with Gasteiger partial charge in [-0.1, -0.05) is 35.5 Å². The fourth-order valence-corrected chi connectivity index (χ4v) is 4.43.